The minimum Gasteiger partial charge on any atom is -0.374 e. The number of nitrogens with zero attached hydrogens (tertiary/aromatic N) is 3. The molecule has 2 rings (SSSR count). The molecule has 0 saturated carbocycles. The summed E-state index contributed by atoms with van der Waals surface area (Å²) in [6, 6.07) is 6.41. The lowest BCUT2D eigenvalue weighted by atomic mass is 10.3. The standard InChI is InChI=1S/C11H13FN4S/c1-2-16(7-10-14-15-11(13)17-10)9-5-3-8(12)4-6-9/h3-6H,2,7H2,1H3,(H2,13,15). The second kappa shape index (κ2) is 5.09. The smallest absolute Gasteiger partial charge is 0.203 e. The normalized spacial score (nSPS) is 10.5. The van der Waals surface area contributed by atoms with Gasteiger partial charge < -0.3 is 10.6 Å². The molecule has 0 atom stereocenters. The summed E-state index contributed by atoms with van der Waals surface area (Å²) in [5, 5.41) is 9.07. The second-order valence-corrected chi connectivity index (χ2v) is 4.62. The van der Waals surface area contributed by atoms with Crippen LogP contribution in [-0.2, 0) is 6.54 Å². The van der Waals surface area contributed by atoms with Crippen molar-refractivity contribution in [1.29, 1.82) is 0 Å². The van der Waals surface area contributed by atoms with Gasteiger partial charge in [-0.15, -0.1) is 10.2 Å². The first-order valence-electron chi connectivity index (χ1n) is 5.27. The molecule has 0 amide bonds. The first-order valence-corrected chi connectivity index (χ1v) is 6.09. The molecular weight excluding hydrogens is 239 g/mol. The highest BCUT2D eigenvalue weighted by Crippen LogP contribution is 2.19. The van der Waals surface area contributed by atoms with E-state index in [-0.39, 0.29) is 5.82 Å². The quantitative estimate of drug-likeness (QED) is 0.907. The van der Waals surface area contributed by atoms with E-state index in [2.05, 4.69) is 15.1 Å². The van der Waals surface area contributed by atoms with Crippen LogP contribution in [0.2, 0.25) is 0 Å². The highest BCUT2D eigenvalue weighted by atomic mass is 32.1. The number of anilines is 2. The van der Waals surface area contributed by atoms with Crippen LogP contribution in [0.1, 0.15) is 11.9 Å². The molecule has 0 fully saturated rings. The summed E-state index contributed by atoms with van der Waals surface area (Å²) in [4.78, 5) is 2.08. The minimum absolute atomic E-state index is 0.232. The van der Waals surface area contributed by atoms with Gasteiger partial charge in [0.15, 0.2) is 0 Å². The predicted molar refractivity (Wildman–Crippen MR) is 67.4 cm³/mol. The summed E-state index contributed by atoms with van der Waals surface area (Å²) in [5.41, 5.74) is 6.49. The van der Waals surface area contributed by atoms with Gasteiger partial charge in [0.25, 0.3) is 0 Å². The molecule has 0 bridgehead atoms. The van der Waals surface area contributed by atoms with E-state index in [4.69, 9.17) is 5.73 Å². The number of rotatable bonds is 4. The van der Waals surface area contributed by atoms with E-state index in [1.54, 1.807) is 12.1 Å². The van der Waals surface area contributed by atoms with Crippen LogP contribution >= 0.6 is 11.3 Å². The summed E-state index contributed by atoms with van der Waals surface area (Å²) in [6.07, 6.45) is 0. The Bertz CT molecular complexity index is 482. The Kier molecular flexibility index (Phi) is 3.53. The summed E-state index contributed by atoms with van der Waals surface area (Å²) in [5.74, 6) is -0.232. The SMILES string of the molecule is CCN(Cc1nnc(N)s1)c1ccc(F)cc1. The molecule has 1 aromatic carbocycles. The summed E-state index contributed by atoms with van der Waals surface area (Å²) in [6.45, 7) is 3.48. The number of nitrogen functional groups attached to an aromatic ring is 1. The summed E-state index contributed by atoms with van der Waals surface area (Å²) in [7, 11) is 0. The number of hydrogen-bond donors (Lipinski definition) is 1. The maximum absolute atomic E-state index is 12.8. The molecular formula is C11H13FN4S. The molecule has 0 aliphatic rings. The first kappa shape index (κ1) is 11.8. The zero-order valence-corrected chi connectivity index (χ0v) is 10.2. The minimum atomic E-state index is -0.232. The fourth-order valence-corrected chi connectivity index (χ4v) is 2.16. The van der Waals surface area contributed by atoms with E-state index in [0.717, 1.165) is 17.2 Å². The van der Waals surface area contributed by atoms with Crippen molar-refractivity contribution < 1.29 is 4.39 Å². The Hall–Kier alpha value is -1.69. The summed E-state index contributed by atoms with van der Waals surface area (Å²) < 4.78 is 12.8. The molecule has 0 spiro atoms. The molecule has 17 heavy (non-hydrogen) atoms. The van der Waals surface area contributed by atoms with Crippen LogP contribution in [0.15, 0.2) is 24.3 Å². The van der Waals surface area contributed by atoms with E-state index in [0.29, 0.717) is 11.7 Å². The molecule has 2 N–H and O–H groups in total. The van der Waals surface area contributed by atoms with Gasteiger partial charge in [-0.1, -0.05) is 11.3 Å². The van der Waals surface area contributed by atoms with Crippen molar-refractivity contribution in [2.75, 3.05) is 17.2 Å². The third-order valence-electron chi connectivity index (χ3n) is 2.38. The van der Waals surface area contributed by atoms with Crippen molar-refractivity contribution in [2.45, 2.75) is 13.5 Å². The van der Waals surface area contributed by atoms with Crippen molar-refractivity contribution in [3.8, 4) is 0 Å². The zero-order valence-electron chi connectivity index (χ0n) is 9.43. The molecule has 90 valence electrons. The van der Waals surface area contributed by atoms with Crippen molar-refractivity contribution >= 4 is 22.2 Å². The Morgan fingerprint density at radius 1 is 1.29 bits per heavy atom. The molecule has 0 aliphatic heterocycles. The van der Waals surface area contributed by atoms with Crippen LogP contribution in [0.5, 0.6) is 0 Å². The Morgan fingerprint density at radius 2 is 2.00 bits per heavy atom. The molecule has 0 saturated heterocycles. The Labute approximate surface area is 103 Å². The van der Waals surface area contributed by atoms with Gasteiger partial charge in [-0.2, -0.15) is 0 Å². The molecule has 6 heteroatoms. The van der Waals surface area contributed by atoms with Crippen LogP contribution in [0.4, 0.5) is 15.2 Å². The fraction of sp³-hybridized carbons (Fsp3) is 0.273. The van der Waals surface area contributed by atoms with Crippen LogP contribution in [0.3, 0.4) is 0 Å². The highest BCUT2D eigenvalue weighted by molar-refractivity contribution is 7.15. The third kappa shape index (κ3) is 2.91. The summed E-state index contributed by atoms with van der Waals surface area (Å²) >= 11 is 1.37. The Morgan fingerprint density at radius 3 is 2.53 bits per heavy atom. The van der Waals surface area contributed by atoms with Gasteiger partial charge in [0, 0.05) is 12.2 Å². The number of nitrogens with two attached hydrogens (primary N) is 1. The van der Waals surface area contributed by atoms with E-state index in [9.17, 15) is 4.39 Å². The fourth-order valence-electron chi connectivity index (χ4n) is 1.53. The van der Waals surface area contributed by atoms with Crippen LogP contribution < -0.4 is 10.6 Å². The lowest BCUT2D eigenvalue weighted by Gasteiger charge is -2.21. The predicted octanol–water partition coefficient (Wildman–Crippen LogP) is 2.29. The van der Waals surface area contributed by atoms with Crippen molar-refractivity contribution in [1.82, 2.24) is 10.2 Å². The van der Waals surface area contributed by atoms with E-state index >= 15 is 0 Å². The zero-order chi connectivity index (χ0) is 12.3. The first-order chi connectivity index (χ1) is 8.19. The second-order valence-electron chi connectivity index (χ2n) is 3.52. The molecule has 1 heterocycles. The van der Waals surface area contributed by atoms with E-state index in [1.807, 2.05) is 6.92 Å². The maximum atomic E-state index is 12.8. The average Bonchev–Trinajstić information content (AvgIpc) is 2.73. The van der Waals surface area contributed by atoms with E-state index < -0.39 is 0 Å². The third-order valence-corrected chi connectivity index (χ3v) is 3.12. The number of benzene rings is 1. The maximum Gasteiger partial charge on any atom is 0.203 e. The molecule has 2 aromatic rings. The van der Waals surface area contributed by atoms with Crippen molar-refractivity contribution in [3.63, 3.8) is 0 Å². The molecule has 1 aromatic heterocycles. The van der Waals surface area contributed by atoms with Crippen LogP contribution in [0.25, 0.3) is 0 Å². The Balaban J connectivity index is 2.13. The highest BCUT2D eigenvalue weighted by Gasteiger charge is 2.08. The monoisotopic (exact) mass is 252 g/mol. The van der Waals surface area contributed by atoms with Gasteiger partial charge >= 0.3 is 0 Å². The van der Waals surface area contributed by atoms with Gasteiger partial charge in [0.1, 0.15) is 10.8 Å². The van der Waals surface area contributed by atoms with Crippen LogP contribution in [-0.4, -0.2) is 16.7 Å². The molecule has 0 aliphatic carbocycles. The van der Waals surface area contributed by atoms with Crippen molar-refractivity contribution in [2.24, 2.45) is 0 Å². The largest absolute Gasteiger partial charge is 0.374 e. The number of aromatic nitrogens is 2. The molecule has 4 nitrogen and oxygen atoms in total. The van der Waals surface area contributed by atoms with Gasteiger partial charge in [-0.3, -0.25) is 0 Å². The van der Waals surface area contributed by atoms with Gasteiger partial charge in [-0.05, 0) is 31.2 Å². The van der Waals surface area contributed by atoms with Gasteiger partial charge in [-0.25, -0.2) is 4.39 Å². The number of hydrogen-bond acceptors (Lipinski definition) is 5. The van der Waals surface area contributed by atoms with Gasteiger partial charge in [0.05, 0.1) is 6.54 Å². The average molecular weight is 252 g/mol. The number of halogens is 1. The van der Waals surface area contributed by atoms with Crippen molar-refractivity contribution in [3.05, 3.63) is 35.1 Å². The lowest BCUT2D eigenvalue weighted by molar-refractivity contribution is 0.627. The van der Waals surface area contributed by atoms with Gasteiger partial charge in [0.2, 0.25) is 5.13 Å². The lowest BCUT2D eigenvalue weighted by Crippen LogP contribution is -2.21. The molecule has 0 radical (unpaired) electrons. The van der Waals surface area contributed by atoms with E-state index in [1.165, 1.54) is 23.5 Å². The topological polar surface area (TPSA) is 55.0 Å². The molecule has 0 unspecified atom stereocenters. The van der Waals surface area contributed by atoms with Crippen LogP contribution in [0, 0.1) is 5.82 Å².